The number of amides is 1. The first-order valence-electron chi connectivity index (χ1n) is 6.64. The van der Waals surface area contributed by atoms with Gasteiger partial charge < -0.3 is 4.74 Å². The molecule has 2 atom stereocenters. The minimum atomic E-state index is -0.357. The smallest absolute Gasteiger partial charge is 0.258 e. The fourth-order valence-electron chi connectivity index (χ4n) is 3.05. The van der Waals surface area contributed by atoms with Crippen LogP contribution < -0.4 is 4.74 Å². The van der Waals surface area contributed by atoms with E-state index in [4.69, 9.17) is 16.3 Å². The number of hydrogen-bond donors (Lipinski definition) is 0. The van der Waals surface area contributed by atoms with Crippen LogP contribution in [0.2, 0.25) is 5.02 Å². The molecule has 0 aliphatic carbocycles. The van der Waals surface area contributed by atoms with Gasteiger partial charge in [0, 0.05) is 26.2 Å². The number of ether oxygens (including phenoxy) is 1. The van der Waals surface area contributed by atoms with Crippen LogP contribution in [0, 0.1) is 0 Å². The molecule has 0 saturated carbocycles. The molecule has 106 valence electrons. The predicted octanol–water partition coefficient (Wildman–Crippen LogP) is 4.71. The average molecular weight is 365 g/mol. The van der Waals surface area contributed by atoms with E-state index in [1.54, 1.807) is 4.90 Å². The van der Waals surface area contributed by atoms with Gasteiger partial charge in [0.15, 0.2) is 0 Å². The van der Waals surface area contributed by atoms with Crippen molar-refractivity contribution in [3.8, 4) is 5.75 Å². The van der Waals surface area contributed by atoms with Gasteiger partial charge in [-0.15, -0.1) is 0 Å². The summed E-state index contributed by atoms with van der Waals surface area (Å²) in [5.74, 6) is 0.783. The Morgan fingerprint density at radius 2 is 2.00 bits per heavy atom. The molecule has 5 heteroatoms. The molecular weight excluding hydrogens is 354 g/mol. The van der Waals surface area contributed by atoms with Crippen LogP contribution in [0.1, 0.15) is 40.7 Å². The number of nitrogens with zero attached hydrogens (tertiary/aromatic N) is 1. The molecular formula is C16H11BrClNO2. The third-order valence-corrected chi connectivity index (χ3v) is 4.81. The van der Waals surface area contributed by atoms with Gasteiger partial charge in [-0.25, -0.2) is 0 Å². The fourth-order valence-corrected chi connectivity index (χ4v) is 3.59. The quantitative estimate of drug-likeness (QED) is 0.677. The second-order valence-corrected chi connectivity index (χ2v) is 6.62. The number of benzene rings is 2. The molecule has 1 amide bonds. The predicted molar refractivity (Wildman–Crippen MR) is 83.5 cm³/mol. The molecule has 0 fully saturated rings. The summed E-state index contributed by atoms with van der Waals surface area (Å²) >= 11 is 9.48. The lowest BCUT2D eigenvalue weighted by Crippen LogP contribution is -2.37. The van der Waals surface area contributed by atoms with Crippen molar-refractivity contribution >= 4 is 33.4 Å². The molecule has 21 heavy (non-hydrogen) atoms. The van der Waals surface area contributed by atoms with Crippen molar-refractivity contribution in [2.45, 2.75) is 19.2 Å². The second kappa shape index (κ2) is 4.49. The molecule has 0 bridgehead atoms. The zero-order chi connectivity index (χ0) is 14.7. The Kier molecular flexibility index (Phi) is 2.81. The van der Waals surface area contributed by atoms with Crippen molar-refractivity contribution < 1.29 is 9.53 Å². The summed E-state index contributed by atoms with van der Waals surface area (Å²) in [6, 6.07) is 11.2. The normalized spacial score (nSPS) is 22.4. The summed E-state index contributed by atoms with van der Waals surface area (Å²) in [6.45, 7) is 2.00. The maximum absolute atomic E-state index is 12.7. The fraction of sp³-hybridized carbons (Fsp3) is 0.188. The summed E-state index contributed by atoms with van der Waals surface area (Å²) in [7, 11) is 0. The topological polar surface area (TPSA) is 29.5 Å². The molecule has 2 aromatic carbocycles. The Morgan fingerprint density at radius 1 is 1.19 bits per heavy atom. The third kappa shape index (κ3) is 1.82. The number of carbonyl (C=O) groups excluding carboxylic acids is 1. The number of hydrogen-bond acceptors (Lipinski definition) is 2. The van der Waals surface area contributed by atoms with Gasteiger partial charge in [0.1, 0.15) is 5.75 Å². The number of fused-ring (bicyclic) bond motifs is 4. The standard InChI is InChI=1S/C16H11BrClNO2/c1-8-12-7-10(18)3-5-14(12)21-16-11-4-2-9(17)6-13(11)15(20)19(8)16/h2-8,16H,1H3. The summed E-state index contributed by atoms with van der Waals surface area (Å²) in [6.07, 6.45) is -0.357. The lowest BCUT2D eigenvalue weighted by Gasteiger charge is -2.37. The molecule has 0 spiro atoms. The summed E-state index contributed by atoms with van der Waals surface area (Å²) < 4.78 is 6.94. The van der Waals surface area contributed by atoms with E-state index in [1.165, 1.54) is 0 Å². The van der Waals surface area contributed by atoms with Crippen LogP contribution in [0.25, 0.3) is 0 Å². The molecule has 0 saturated heterocycles. The van der Waals surface area contributed by atoms with Gasteiger partial charge in [-0.3, -0.25) is 9.69 Å². The minimum absolute atomic E-state index is 0.00516. The van der Waals surface area contributed by atoms with Crippen molar-refractivity contribution in [3.05, 3.63) is 62.6 Å². The average Bonchev–Trinajstić information content (AvgIpc) is 2.73. The lowest BCUT2D eigenvalue weighted by molar-refractivity contribution is -0.00180. The van der Waals surface area contributed by atoms with Gasteiger partial charge in [-0.05, 0) is 37.3 Å². The van der Waals surface area contributed by atoms with E-state index >= 15 is 0 Å². The molecule has 2 unspecified atom stereocenters. The summed E-state index contributed by atoms with van der Waals surface area (Å²) in [5, 5.41) is 0.648. The highest BCUT2D eigenvalue weighted by molar-refractivity contribution is 9.10. The van der Waals surface area contributed by atoms with Crippen LogP contribution in [0.5, 0.6) is 5.75 Å². The highest BCUT2D eigenvalue weighted by atomic mass is 79.9. The van der Waals surface area contributed by atoms with Gasteiger partial charge in [-0.1, -0.05) is 33.6 Å². The number of carbonyl (C=O) groups is 1. The van der Waals surface area contributed by atoms with Crippen LogP contribution >= 0.6 is 27.5 Å². The highest BCUT2D eigenvalue weighted by Crippen LogP contribution is 2.48. The monoisotopic (exact) mass is 363 g/mol. The Hall–Kier alpha value is -1.52. The van der Waals surface area contributed by atoms with E-state index < -0.39 is 0 Å². The molecule has 0 radical (unpaired) electrons. The first-order chi connectivity index (χ1) is 10.1. The van der Waals surface area contributed by atoms with E-state index in [2.05, 4.69) is 15.9 Å². The molecule has 4 rings (SSSR count). The second-order valence-electron chi connectivity index (χ2n) is 5.27. The van der Waals surface area contributed by atoms with Crippen LogP contribution in [-0.2, 0) is 0 Å². The van der Waals surface area contributed by atoms with Crippen molar-refractivity contribution in [1.82, 2.24) is 4.90 Å². The zero-order valence-corrected chi connectivity index (χ0v) is 13.5. The van der Waals surface area contributed by atoms with Crippen LogP contribution in [0.15, 0.2) is 40.9 Å². The molecule has 3 nitrogen and oxygen atoms in total. The van der Waals surface area contributed by atoms with Gasteiger partial charge in [0.2, 0.25) is 6.23 Å². The Labute approximate surface area is 135 Å². The van der Waals surface area contributed by atoms with E-state index in [9.17, 15) is 4.79 Å². The van der Waals surface area contributed by atoms with Crippen molar-refractivity contribution in [3.63, 3.8) is 0 Å². The lowest BCUT2D eigenvalue weighted by atomic mass is 10.0. The third-order valence-electron chi connectivity index (χ3n) is 4.08. The zero-order valence-electron chi connectivity index (χ0n) is 11.1. The Balaban J connectivity index is 1.88. The van der Waals surface area contributed by atoms with Gasteiger partial charge in [-0.2, -0.15) is 0 Å². The van der Waals surface area contributed by atoms with E-state index in [0.29, 0.717) is 10.6 Å². The highest BCUT2D eigenvalue weighted by Gasteiger charge is 2.45. The molecule has 2 aromatic rings. The van der Waals surface area contributed by atoms with Gasteiger partial charge in [0.25, 0.3) is 5.91 Å². The Morgan fingerprint density at radius 3 is 2.81 bits per heavy atom. The molecule has 2 heterocycles. The van der Waals surface area contributed by atoms with E-state index in [0.717, 1.165) is 21.3 Å². The SMILES string of the molecule is CC1c2cc(Cl)ccc2OC2c3ccc(Br)cc3C(=O)N12. The molecule has 0 N–H and O–H groups in total. The van der Waals surface area contributed by atoms with Crippen LogP contribution in [0.4, 0.5) is 0 Å². The molecule has 0 aromatic heterocycles. The number of rotatable bonds is 0. The maximum atomic E-state index is 12.7. The van der Waals surface area contributed by atoms with Crippen LogP contribution in [-0.4, -0.2) is 10.8 Å². The summed E-state index contributed by atoms with van der Waals surface area (Å²) in [5.41, 5.74) is 2.55. The Bertz CT molecular complexity index is 777. The van der Waals surface area contributed by atoms with Gasteiger partial charge >= 0.3 is 0 Å². The molecule has 2 aliphatic heterocycles. The first-order valence-corrected chi connectivity index (χ1v) is 7.81. The minimum Gasteiger partial charge on any atom is -0.466 e. The van der Waals surface area contributed by atoms with E-state index in [-0.39, 0.29) is 18.2 Å². The van der Waals surface area contributed by atoms with E-state index in [1.807, 2.05) is 43.3 Å². The van der Waals surface area contributed by atoms with Crippen molar-refractivity contribution in [2.75, 3.05) is 0 Å². The molecule has 2 aliphatic rings. The summed E-state index contributed by atoms with van der Waals surface area (Å²) in [4.78, 5) is 14.5. The van der Waals surface area contributed by atoms with Crippen molar-refractivity contribution in [2.24, 2.45) is 0 Å². The van der Waals surface area contributed by atoms with Crippen LogP contribution in [0.3, 0.4) is 0 Å². The van der Waals surface area contributed by atoms with Gasteiger partial charge in [0.05, 0.1) is 6.04 Å². The number of halogens is 2. The first kappa shape index (κ1) is 13.2. The van der Waals surface area contributed by atoms with Crippen molar-refractivity contribution in [1.29, 1.82) is 0 Å². The maximum Gasteiger partial charge on any atom is 0.258 e. The largest absolute Gasteiger partial charge is 0.466 e.